The number of thioether (sulfide) groups is 1. The molecule has 0 aliphatic carbocycles. The third kappa shape index (κ3) is 3.60. The summed E-state index contributed by atoms with van der Waals surface area (Å²) in [6, 6.07) is 4.09. The molecule has 7 nitrogen and oxygen atoms in total. The molecule has 0 fully saturated rings. The van der Waals surface area contributed by atoms with Gasteiger partial charge in [-0.1, -0.05) is 0 Å². The average molecular weight is 270 g/mol. The maximum Gasteiger partial charge on any atom is 0.294 e. The molecule has 1 aromatic carbocycles. The Morgan fingerprint density at radius 2 is 2.28 bits per heavy atom. The van der Waals surface area contributed by atoms with Crippen LogP contribution in [0, 0.1) is 10.1 Å². The number of nitro groups is 1. The zero-order chi connectivity index (χ0) is 13.5. The number of carbonyl (C=O) groups is 1. The lowest BCUT2D eigenvalue weighted by Gasteiger charge is -2.06. The highest BCUT2D eigenvalue weighted by Gasteiger charge is 2.16. The van der Waals surface area contributed by atoms with Gasteiger partial charge in [-0.2, -0.15) is 11.8 Å². The van der Waals surface area contributed by atoms with Gasteiger partial charge in [0.1, 0.15) is 5.69 Å². The molecular weight excluding hydrogens is 256 g/mol. The Balaban J connectivity index is 2.87. The Labute approximate surface area is 108 Å². The third-order valence-corrected chi connectivity index (χ3v) is 2.82. The zero-order valence-electron chi connectivity index (χ0n) is 9.80. The molecule has 0 heterocycles. The Morgan fingerprint density at radius 1 is 1.56 bits per heavy atom. The van der Waals surface area contributed by atoms with Crippen LogP contribution in [-0.4, -0.2) is 29.4 Å². The van der Waals surface area contributed by atoms with Crippen LogP contribution in [0.15, 0.2) is 18.2 Å². The number of rotatable bonds is 6. The molecule has 0 radical (unpaired) electrons. The highest BCUT2D eigenvalue weighted by Crippen LogP contribution is 2.24. The number of anilines is 1. The van der Waals surface area contributed by atoms with Crippen molar-refractivity contribution in [1.29, 1.82) is 0 Å². The molecule has 1 amide bonds. The fourth-order valence-electron chi connectivity index (χ4n) is 1.31. The fraction of sp³-hybridized carbons (Fsp3) is 0.300. The van der Waals surface area contributed by atoms with Crippen molar-refractivity contribution >= 4 is 29.0 Å². The first-order valence-electron chi connectivity index (χ1n) is 5.12. The fourth-order valence-corrected chi connectivity index (χ4v) is 1.62. The smallest absolute Gasteiger partial charge is 0.294 e. The minimum atomic E-state index is -0.589. The van der Waals surface area contributed by atoms with E-state index >= 15 is 0 Å². The Morgan fingerprint density at radius 3 is 2.83 bits per heavy atom. The first kappa shape index (κ1) is 14.3. The van der Waals surface area contributed by atoms with Crippen molar-refractivity contribution in [2.45, 2.75) is 0 Å². The average Bonchev–Trinajstić information content (AvgIpc) is 2.38. The van der Waals surface area contributed by atoms with E-state index in [1.165, 1.54) is 18.2 Å². The normalized spacial score (nSPS) is 9.89. The van der Waals surface area contributed by atoms with Crippen molar-refractivity contribution in [1.82, 2.24) is 5.32 Å². The zero-order valence-corrected chi connectivity index (χ0v) is 10.6. The van der Waals surface area contributed by atoms with Crippen molar-refractivity contribution in [3.05, 3.63) is 33.9 Å². The van der Waals surface area contributed by atoms with Crippen LogP contribution in [0.1, 0.15) is 10.4 Å². The second-order valence-electron chi connectivity index (χ2n) is 3.38. The number of nitrogens with one attached hydrogen (secondary N) is 2. The topological polar surface area (TPSA) is 110 Å². The molecule has 0 saturated heterocycles. The summed E-state index contributed by atoms with van der Waals surface area (Å²) < 4.78 is 0. The number of carbonyl (C=O) groups excluding carboxylic acids is 1. The minimum Gasteiger partial charge on any atom is -0.351 e. The van der Waals surface area contributed by atoms with Gasteiger partial charge >= 0.3 is 0 Å². The number of nitrogens with zero attached hydrogens (tertiary/aromatic N) is 1. The third-order valence-electron chi connectivity index (χ3n) is 2.20. The SMILES string of the molecule is CSCCNC(=O)c1ccc(NN)c([N+](=O)[O-])c1. The number of hydrogen-bond donors (Lipinski definition) is 3. The maximum atomic E-state index is 11.7. The lowest BCUT2D eigenvalue weighted by Crippen LogP contribution is -2.25. The monoisotopic (exact) mass is 270 g/mol. The molecule has 1 rings (SSSR count). The van der Waals surface area contributed by atoms with Crippen LogP contribution in [0.3, 0.4) is 0 Å². The quantitative estimate of drug-likeness (QED) is 0.307. The number of hydrazine groups is 1. The molecular formula is C10H14N4O3S. The van der Waals surface area contributed by atoms with E-state index in [4.69, 9.17) is 5.84 Å². The number of nitrogen functional groups attached to an aromatic ring is 1. The molecule has 0 aliphatic heterocycles. The number of benzene rings is 1. The van der Waals surface area contributed by atoms with Crippen LogP contribution in [0.4, 0.5) is 11.4 Å². The van der Waals surface area contributed by atoms with Crippen LogP contribution in [-0.2, 0) is 0 Å². The molecule has 0 saturated carbocycles. The standard InChI is InChI=1S/C10H14N4O3S/c1-18-5-4-12-10(15)7-2-3-8(13-11)9(6-7)14(16)17/h2-3,6,13H,4-5,11H2,1H3,(H,12,15). The first-order chi connectivity index (χ1) is 8.60. The molecule has 98 valence electrons. The Kier molecular flexibility index (Phi) is 5.40. The van der Waals surface area contributed by atoms with Gasteiger partial charge in [0.2, 0.25) is 0 Å². The van der Waals surface area contributed by atoms with Gasteiger partial charge in [0.15, 0.2) is 0 Å². The van der Waals surface area contributed by atoms with E-state index in [0.29, 0.717) is 6.54 Å². The largest absolute Gasteiger partial charge is 0.351 e. The number of nitro benzene ring substituents is 1. The number of hydrogen-bond acceptors (Lipinski definition) is 6. The molecule has 4 N–H and O–H groups in total. The van der Waals surface area contributed by atoms with E-state index in [9.17, 15) is 14.9 Å². The number of amides is 1. The molecule has 18 heavy (non-hydrogen) atoms. The molecule has 8 heteroatoms. The second-order valence-corrected chi connectivity index (χ2v) is 4.37. The van der Waals surface area contributed by atoms with Crippen molar-refractivity contribution in [3.63, 3.8) is 0 Å². The summed E-state index contributed by atoms with van der Waals surface area (Å²) in [6.07, 6.45) is 1.93. The van der Waals surface area contributed by atoms with Gasteiger partial charge in [0, 0.05) is 23.9 Å². The van der Waals surface area contributed by atoms with E-state index in [-0.39, 0.29) is 22.8 Å². The van der Waals surface area contributed by atoms with Gasteiger partial charge in [-0.05, 0) is 18.4 Å². The van der Waals surface area contributed by atoms with E-state index in [2.05, 4.69) is 10.7 Å². The first-order valence-corrected chi connectivity index (χ1v) is 6.51. The van der Waals surface area contributed by atoms with Crippen molar-refractivity contribution in [3.8, 4) is 0 Å². The van der Waals surface area contributed by atoms with E-state index in [1.807, 2.05) is 6.26 Å². The van der Waals surface area contributed by atoms with E-state index in [1.54, 1.807) is 11.8 Å². The van der Waals surface area contributed by atoms with Gasteiger partial charge in [-0.25, -0.2) is 0 Å². The van der Waals surface area contributed by atoms with Gasteiger partial charge in [0.25, 0.3) is 11.6 Å². The van der Waals surface area contributed by atoms with Crippen molar-refractivity contribution < 1.29 is 9.72 Å². The Hall–Kier alpha value is -1.80. The summed E-state index contributed by atoms with van der Waals surface area (Å²) in [5.74, 6) is 5.61. The van der Waals surface area contributed by atoms with Crippen LogP contribution in [0.2, 0.25) is 0 Å². The molecule has 0 bridgehead atoms. The molecule has 0 aliphatic rings. The van der Waals surface area contributed by atoms with Gasteiger partial charge in [-0.3, -0.25) is 20.8 Å². The maximum absolute atomic E-state index is 11.7. The van der Waals surface area contributed by atoms with E-state index in [0.717, 1.165) is 5.75 Å². The highest BCUT2D eigenvalue weighted by molar-refractivity contribution is 7.98. The highest BCUT2D eigenvalue weighted by atomic mass is 32.2. The summed E-state index contributed by atoms with van der Waals surface area (Å²) in [5, 5.41) is 13.5. The summed E-state index contributed by atoms with van der Waals surface area (Å²) in [7, 11) is 0. The summed E-state index contributed by atoms with van der Waals surface area (Å²) in [5.41, 5.74) is 2.40. The molecule has 0 aromatic heterocycles. The predicted octanol–water partition coefficient (Wildman–Crippen LogP) is 0.973. The summed E-state index contributed by atoms with van der Waals surface area (Å²) in [6.45, 7) is 0.519. The van der Waals surface area contributed by atoms with Crippen molar-refractivity contribution in [2.24, 2.45) is 5.84 Å². The van der Waals surface area contributed by atoms with Gasteiger partial charge in [-0.15, -0.1) is 0 Å². The van der Waals surface area contributed by atoms with Crippen molar-refractivity contribution in [2.75, 3.05) is 24.0 Å². The minimum absolute atomic E-state index is 0.167. The van der Waals surface area contributed by atoms with Gasteiger partial charge < -0.3 is 10.7 Å². The lowest BCUT2D eigenvalue weighted by molar-refractivity contribution is -0.384. The Bertz CT molecular complexity index is 453. The molecule has 1 aromatic rings. The van der Waals surface area contributed by atoms with Crippen LogP contribution >= 0.6 is 11.8 Å². The van der Waals surface area contributed by atoms with Crippen LogP contribution < -0.4 is 16.6 Å². The van der Waals surface area contributed by atoms with Gasteiger partial charge in [0.05, 0.1) is 4.92 Å². The second kappa shape index (κ2) is 6.82. The molecule has 0 unspecified atom stereocenters. The summed E-state index contributed by atoms with van der Waals surface area (Å²) >= 11 is 1.60. The molecule has 0 atom stereocenters. The van der Waals surface area contributed by atoms with E-state index < -0.39 is 4.92 Å². The van der Waals surface area contributed by atoms with Crippen LogP contribution in [0.25, 0.3) is 0 Å². The predicted molar refractivity (Wildman–Crippen MR) is 71.6 cm³/mol. The lowest BCUT2D eigenvalue weighted by atomic mass is 10.1. The van der Waals surface area contributed by atoms with Crippen LogP contribution in [0.5, 0.6) is 0 Å². The summed E-state index contributed by atoms with van der Waals surface area (Å²) in [4.78, 5) is 21.9. The number of nitrogens with two attached hydrogens (primary N) is 1. The molecule has 0 spiro atoms.